The van der Waals surface area contributed by atoms with E-state index in [9.17, 15) is 4.79 Å². The molecule has 1 N–H and O–H groups in total. The van der Waals surface area contributed by atoms with Crippen LogP contribution in [0.4, 0.5) is 5.13 Å². The molecule has 30 heavy (non-hydrogen) atoms. The van der Waals surface area contributed by atoms with Gasteiger partial charge in [-0.15, -0.1) is 0 Å². The van der Waals surface area contributed by atoms with Crippen molar-refractivity contribution >= 4 is 55.8 Å². The molecule has 0 radical (unpaired) electrons. The zero-order valence-corrected chi connectivity index (χ0v) is 19.4. The third-order valence-corrected chi connectivity index (χ3v) is 7.25. The lowest BCUT2D eigenvalue weighted by atomic mass is 10.1. The van der Waals surface area contributed by atoms with Gasteiger partial charge in [0.05, 0.1) is 20.8 Å². The first kappa shape index (κ1) is 21.4. The van der Waals surface area contributed by atoms with Crippen LogP contribution in [0.15, 0.2) is 30.3 Å². The Balaban J connectivity index is 1.28. The predicted octanol–water partition coefficient (Wildman–Crippen LogP) is 4.77. The smallest absolute Gasteiger partial charge is 0.252 e. The highest BCUT2D eigenvalue weighted by atomic mass is 35.5. The molecule has 0 spiro atoms. The lowest BCUT2D eigenvalue weighted by Gasteiger charge is -2.34. The summed E-state index contributed by atoms with van der Waals surface area (Å²) in [5.74, 6) is -0.193. The number of nitrogens with one attached hydrogen (secondary N) is 1. The Kier molecular flexibility index (Phi) is 6.48. The van der Waals surface area contributed by atoms with Gasteiger partial charge in [0.15, 0.2) is 5.13 Å². The molecule has 158 valence electrons. The number of piperazine rings is 1. The molecule has 1 aliphatic rings. The highest BCUT2D eigenvalue weighted by Crippen LogP contribution is 2.32. The van der Waals surface area contributed by atoms with Crippen LogP contribution in [0.2, 0.25) is 10.0 Å². The number of carbonyl (C=O) groups is 1. The van der Waals surface area contributed by atoms with Gasteiger partial charge in [0, 0.05) is 44.3 Å². The molecular weight excluding hydrogens is 439 g/mol. The van der Waals surface area contributed by atoms with Gasteiger partial charge in [-0.25, -0.2) is 4.98 Å². The van der Waals surface area contributed by atoms with Crippen LogP contribution >= 0.6 is 34.5 Å². The van der Waals surface area contributed by atoms with Crippen molar-refractivity contribution < 1.29 is 4.79 Å². The molecule has 8 heteroatoms. The third kappa shape index (κ3) is 4.57. The van der Waals surface area contributed by atoms with Crippen LogP contribution in [-0.2, 0) is 0 Å². The molecule has 0 aliphatic carbocycles. The number of hydrogen-bond acceptors (Lipinski definition) is 5. The lowest BCUT2D eigenvalue weighted by molar-refractivity contribution is 0.0948. The van der Waals surface area contributed by atoms with Gasteiger partial charge in [0.1, 0.15) is 0 Å². The van der Waals surface area contributed by atoms with Gasteiger partial charge < -0.3 is 10.2 Å². The molecule has 1 fully saturated rings. The number of aryl methyl sites for hydroxylation is 2. The summed E-state index contributed by atoms with van der Waals surface area (Å²) in [4.78, 5) is 22.0. The fraction of sp³-hybridized carbons (Fsp3) is 0.364. The number of halogens is 2. The second kappa shape index (κ2) is 9.10. The summed E-state index contributed by atoms with van der Waals surface area (Å²) >= 11 is 13.8. The van der Waals surface area contributed by atoms with Crippen LogP contribution in [0.3, 0.4) is 0 Å². The monoisotopic (exact) mass is 462 g/mol. The number of carbonyl (C=O) groups excluding carboxylic acids is 1. The van der Waals surface area contributed by atoms with E-state index in [1.54, 1.807) is 29.5 Å². The van der Waals surface area contributed by atoms with E-state index >= 15 is 0 Å². The van der Waals surface area contributed by atoms with E-state index in [1.165, 1.54) is 15.8 Å². The van der Waals surface area contributed by atoms with Gasteiger partial charge in [-0.3, -0.25) is 9.69 Å². The average Bonchev–Trinajstić information content (AvgIpc) is 3.18. The van der Waals surface area contributed by atoms with Gasteiger partial charge in [-0.1, -0.05) is 40.6 Å². The number of nitrogens with zero attached hydrogens (tertiary/aromatic N) is 3. The first-order valence-corrected chi connectivity index (χ1v) is 11.6. The lowest BCUT2D eigenvalue weighted by Crippen LogP contribution is -2.48. The first-order valence-electron chi connectivity index (χ1n) is 9.99. The highest BCUT2D eigenvalue weighted by Gasteiger charge is 2.20. The average molecular weight is 463 g/mol. The minimum absolute atomic E-state index is 0.193. The number of thiazole rings is 1. The molecule has 1 aromatic heterocycles. The molecule has 5 nitrogen and oxygen atoms in total. The summed E-state index contributed by atoms with van der Waals surface area (Å²) in [7, 11) is 0. The third-order valence-electron chi connectivity index (χ3n) is 5.60. The van der Waals surface area contributed by atoms with Crippen LogP contribution in [0, 0.1) is 13.8 Å². The van der Waals surface area contributed by atoms with E-state index < -0.39 is 0 Å². The molecule has 3 aromatic rings. The Morgan fingerprint density at radius 2 is 1.90 bits per heavy atom. The van der Waals surface area contributed by atoms with Crippen molar-refractivity contribution in [2.45, 2.75) is 13.8 Å². The fourth-order valence-corrected chi connectivity index (χ4v) is 5.06. The van der Waals surface area contributed by atoms with Gasteiger partial charge in [0.25, 0.3) is 5.91 Å². The summed E-state index contributed by atoms with van der Waals surface area (Å²) < 4.78 is 1.25. The molecule has 0 bridgehead atoms. The molecule has 0 atom stereocenters. The van der Waals surface area contributed by atoms with Crippen molar-refractivity contribution in [3.05, 3.63) is 57.1 Å². The Morgan fingerprint density at radius 3 is 2.67 bits per heavy atom. The zero-order valence-electron chi connectivity index (χ0n) is 17.0. The number of anilines is 1. The Bertz CT molecular complexity index is 1080. The SMILES string of the molecule is Cc1ccc2sc(N3CCN(CCNC(=O)c4cc(Cl)ccc4Cl)CC3)nc2c1C. The molecular formula is C22H24Cl2N4OS. The molecule has 1 saturated heterocycles. The summed E-state index contributed by atoms with van der Waals surface area (Å²) in [5, 5.41) is 4.95. The van der Waals surface area contributed by atoms with Gasteiger partial charge in [-0.2, -0.15) is 0 Å². The van der Waals surface area contributed by atoms with Crippen molar-refractivity contribution in [3.63, 3.8) is 0 Å². The van der Waals surface area contributed by atoms with Crippen LogP contribution < -0.4 is 10.2 Å². The number of rotatable bonds is 5. The zero-order chi connectivity index (χ0) is 21.3. The van der Waals surface area contributed by atoms with Crippen LogP contribution in [-0.4, -0.2) is 55.1 Å². The largest absolute Gasteiger partial charge is 0.351 e. The Morgan fingerprint density at radius 1 is 1.13 bits per heavy atom. The summed E-state index contributed by atoms with van der Waals surface area (Å²) in [5.41, 5.74) is 4.09. The van der Waals surface area contributed by atoms with E-state index in [2.05, 4.69) is 41.1 Å². The number of amides is 1. The van der Waals surface area contributed by atoms with Crippen molar-refractivity contribution in [2.75, 3.05) is 44.2 Å². The number of aromatic nitrogens is 1. The van der Waals surface area contributed by atoms with E-state index in [0.717, 1.165) is 43.4 Å². The maximum absolute atomic E-state index is 12.3. The maximum Gasteiger partial charge on any atom is 0.252 e. The van der Waals surface area contributed by atoms with Crippen molar-refractivity contribution in [1.29, 1.82) is 0 Å². The fourth-order valence-electron chi connectivity index (χ4n) is 3.61. The van der Waals surface area contributed by atoms with Gasteiger partial charge in [-0.05, 0) is 49.2 Å². The van der Waals surface area contributed by atoms with Crippen molar-refractivity contribution in [1.82, 2.24) is 15.2 Å². The molecule has 2 aromatic carbocycles. The predicted molar refractivity (Wildman–Crippen MR) is 127 cm³/mol. The molecule has 2 heterocycles. The Hall–Kier alpha value is -1.86. The van der Waals surface area contributed by atoms with E-state index in [1.807, 2.05) is 0 Å². The van der Waals surface area contributed by atoms with E-state index in [0.29, 0.717) is 22.2 Å². The minimum atomic E-state index is -0.193. The summed E-state index contributed by atoms with van der Waals surface area (Å²) in [6.45, 7) is 9.41. The Labute approximate surface area is 190 Å². The molecule has 1 amide bonds. The second-order valence-electron chi connectivity index (χ2n) is 7.56. The summed E-state index contributed by atoms with van der Waals surface area (Å²) in [6.07, 6.45) is 0. The van der Waals surface area contributed by atoms with Crippen LogP contribution in [0.25, 0.3) is 10.2 Å². The van der Waals surface area contributed by atoms with E-state index in [4.69, 9.17) is 28.2 Å². The van der Waals surface area contributed by atoms with Gasteiger partial charge in [0.2, 0.25) is 0 Å². The number of hydrogen-bond donors (Lipinski definition) is 1. The van der Waals surface area contributed by atoms with Crippen LogP contribution in [0.5, 0.6) is 0 Å². The van der Waals surface area contributed by atoms with Crippen molar-refractivity contribution in [2.24, 2.45) is 0 Å². The number of benzene rings is 2. The standard InChI is InChI=1S/C22H24Cl2N4OS/c1-14-3-6-19-20(15(14)2)26-22(30-19)28-11-9-27(10-12-28)8-7-25-21(29)17-13-16(23)4-5-18(17)24/h3-6,13H,7-12H2,1-2H3,(H,25,29). The molecule has 1 aliphatic heterocycles. The molecule has 0 saturated carbocycles. The first-order chi connectivity index (χ1) is 14.4. The molecule has 0 unspecified atom stereocenters. The summed E-state index contributed by atoms with van der Waals surface area (Å²) in [6, 6.07) is 9.25. The van der Waals surface area contributed by atoms with Crippen molar-refractivity contribution in [3.8, 4) is 0 Å². The minimum Gasteiger partial charge on any atom is -0.351 e. The highest BCUT2D eigenvalue weighted by molar-refractivity contribution is 7.22. The molecule has 4 rings (SSSR count). The van der Waals surface area contributed by atoms with Gasteiger partial charge >= 0.3 is 0 Å². The normalized spacial score (nSPS) is 15.0. The van der Waals surface area contributed by atoms with Crippen LogP contribution in [0.1, 0.15) is 21.5 Å². The number of fused-ring (bicyclic) bond motifs is 1. The topological polar surface area (TPSA) is 48.5 Å². The second-order valence-corrected chi connectivity index (χ2v) is 9.41. The van der Waals surface area contributed by atoms with E-state index in [-0.39, 0.29) is 5.91 Å². The quantitative estimate of drug-likeness (QED) is 0.592. The maximum atomic E-state index is 12.3.